The molecule has 0 bridgehead atoms. The van der Waals surface area contributed by atoms with Crippen LogP contribution in [0.25, 0.3) is 0 Å². The molecule has 2 heterocycles. The molecule has 0 aliphatic carbocycles. The Morgan fingerprint density at radius 3 is 2.65 bits per heavy atom. The molecule has 0 fully saturated rings. The second kappa shape index (κ2) is 11.8. The van der Waals surface area contributed by atoms with Gasteiger partial charge in [0.05, 0.1) is 24.1 Å². The van der Waals surface area contributed by atoms with Crippen LogP contribution in [0.15, 0.2) is 30.5 Å². The molecule has 1 aliphatic rings. The number of benzene rings is 1. The zero-order valence-corrected chi connectivity index (χ0v) is 19.2. The summed E-state index contributed by atoms with van der Waals surface area (Å²) in [6.45, 7) is 1.06. The van der Waals surface area contributed by atoms with Crippen molar-refractivity contribution < 1.29 is 32.9 Å². The van der Waals surface area contributed by atoms with Crippen LogP contribution in [0.3, 0.4) is 0 Å². The fourth-order valence-corrected chi connectivity index (χ4v) is 4.00. The lowest BCUT2D eigenvalue weighted by molar-refractivity contribution is -0.140. The molecule has 1 aromatic heterocycles. The minimum Gasteiger partial charge on any atom is -0.491 e. The Morgan fingerprint density at radius 2 is 1.94 bits per heavy atom. The molecule has 0 saturated heterocycles. The third-order valence-corrected chi connectivity index (χ3v) is 5.74. The van der Waals surface area contributed by atoms with Crippen LogP contribution in [-0.4, -0.2) is 58.9 Å². The normalized spacial score (nSPS) is 16.8. The van der Waals surface area contributed by atoms with E-state index in [1.807, 2.05) is 6.07 Å². The number of pyridine rings is 1. The molecule has 186 valence electrons. The molecule has 1 aromatic carbocycles. The number of anilines is 1. The van der Waals surface area contributed by atoms with Crippen LogP contribution in [0.5, 0.6) is 5.75 Å². The molecule has 1 atom stereocenters. The molecule has 11 heteroatoms. The number of ether oxygens (including phenoxy) is 1. The Labute approximate surface area is 200 Å². The number of hydrogen-bond acceptors (Lipinski definition) is 6. The Hall–Kier alpha value is -2.40. The standard InChI is InChI=1S/C23H27ClF3N3O4/c24-16-5-6-19-15(11-16)3-1-7-30(8-2-4-21(33)29-19)9-10-34-17-12-18(23(25,26)27)22(28-13-17)20(32)14-31/h5-6,11-13,20,31-32H,1-4,7-10,14H2,(H,29,33). The first-order chi connectivity index (χ1) is 16.2. The summed E-state index contributed by atoms with van der Waals surface area (Å²) in [7, 11) is 0. The van der Waals surface area contributed by atoms with Crippen molar-refractivity contribution in [3.63, 3.8) is 0 Å². The number of halogens is 4. The molecular formula is C23H27ClF3N3O4. The maximum atomic E-state index is 13.4. The zero-order valence-electron chi connectivity index (χ0n) is 18.4. The van der Waals surface area contributed by atoms with E-state index in [-0.39, 0.29) is 18.3 Å². The predicted octanol–water partition coefficient (Wildman–Crippen LogP) is 3.83. The molecular weight excluding hydrogens is 475 g/mol. The largest absolute Gasteiger partial charge is 0.491 e. The maximum Gasteiger partial charge on any atom is 0.418 e. The number of carbonyl (C=O) groups excluding carboxylic acids is 1. The van der Waals surface area contributed by atoms with Crippen molar-refractivity contribution in [3.8, 4) is 5.75 Å². The molecule has 1 aliphatic heterocycles. The molecule has 2 aromatic rings. The number of aliphatic hydroxyl groups is 2. The van der Waals surface area contributed by atoms with Crippen molar-refractivity contribution in [2.24, 2.45) is 0 Å². The van der Waals surface area contributed by atoms with Crippen LogP contribution in [0.1, 0.15) is 42.2 Å². The van der Waals surface area contributed by atoms with E-state index in [9.17, 15) is 23.1 Å². The first kappa shape index (κ1) is 26.2. The number of alkyl halides is 3. The number of aryl methyl sites for hydroxylation is 1. The summed E-state index contributed by atoms with van der Waals surface area (Å²) in [6.07, 6.45) is -2.91. The molecule has 0 radical (unpaired) electrons. The topological polar surface area (TPSA) is 94.9 Å². The highest BCUT2D eigenvalue weighted by Crippen LogP contribution is 2.35. The summed E-state index contributed by atoms with van der Waals surface area (Å²) in [5.74, 6) is -0.167. The third kappa shape index (κ3) is 7.30. The van der Waals surface area contributed by atoms with Gasteiger partial charge in [-0.25, -0.2) is 0 Å². The highest BCUT2D eigenvalue weighted by Gasteiger charge is 2.36. The monoisotopic (exact) mass is 501 g/mol. The minimum absolute atomic E-state index is 0.0815. The fourth-order valence-electron chi connectivity index (χ4n) is 3.80. The molecule has 7 nitrogen and oxygen atoms in total. The lowest BCUT2D eigenvalue weighted by atomic mass is 10.1. The van der Waals surface area contributed by atoms with Crippen molar-refractivity contribution in [2.45, 2.75) is 38.0 Å². The molecule has 0 spiro atoms. The number of amides is 1. The van der Waals surface area contributed by atoms with E-state index in [2.05, 4.69) is 15.2 Å². The number of nitrogens with zero attached hydrogens (tertiary/aromatic N) is 2. The van der Waals surface area contributed by atoms with E-state index in [1.54, 1.807) is 12.1 Å². The Kier molecular flexibility index (Phi) is 9.12. The van der Waals surface area contributed by atoms with Gasteiger partial charge in [-0.1, -0.05) is 11.6 Å². The fraction of sp³-hybridized carbons (Fsp3) is 0.478. The second-order valence-corrected chi connectivity index (χ2v) is 8.48. The molecule has 34 heavy (non-hydrogen) atoms. The van der Waals surface area contributed by atoms with Crippen LogP contribution >= 0.6 is 11.6 Å². The Balaban J connectivity index is 1.62. The van der Waals surface area contributed by atoms with Crippen LogP contribution in [0, 0.1) is 0 Å². The van der Waals surface area contributed by atoms with Crippen LogP contribution in [0.4, 0.5) is 18.9 Å². The van der Waals surface area contributed by atoms with E-state index in [4.69, 9.17) is 21.4 Å². The molecule has 1 unspecified atom stereocenters. The Bertz CT molecular complexity index is 990. The average Bonchev–Trinajstić information content (AvgIpc) is 2.82. The highest BCUT2D eigenvalue weighted by molar-refractivity contribution is 6.30. The molecule has 3 rings (SSSR count). The van der Waals surface area contributed by atoms with Crippen molar-refractivity contribution in [3.05, 3.63) is 52.3 Å². The average molecular weight is 502 g/mol. The van der Waals surface area contributed by atoms with Gasteiger partial charge in [0.15, 0.2) is 0 Å². The number of nitrogens with one attached hydrogen (secondary N) is 1. The number of aliphatic hydroxyl groups excluding tert-OH is 2. The van der Waals surface area contributed by atoms with Gasteiger partial charge in [0.25, 0.3) is 0 Å². The third-order valence-electron chi connectivity index (χ3n) is 5.50. The summed E-state index contributed by atoms with van der Waals surface area (Å²) < 4.78 is 45.6. The minimum atomic E-state index is -4.75. The molecule has 0 saturated carbocycles. The highest BCUT2D eigenvalue weighted by atomic mass is 35.5. The maximum absolute atomic E-state index is 13.4. The van der Waals surface area contributed by atoms with E-state index in [1.165, 1.54) is 0 Å². The molecule has 1 amide bonds. The van der Waals surface area contributed by atoms with Gasteiger partial charge in [-0.05, 0) is 62.2 Å². The lowest BCUT2D eigenvalue weighted by Crippen LogP contribution is -2.31. The van der Waals surface area contributed by atoms with Gasteiger partial charge < -0.3 is 20.3 Å². The van der Waals surface area contributed by atoms with Crippen molar-refractivity contribution >= 4 is 23.2 Å². The predicted molar refractivity (Wildman–Crippen MR) is 121 cm³/mol. The van der Waals surface area contributed by atoms with E-state index >= 15 is 0 Å². The first-order valence-electron chi connectivity index (χ1n) is 11.0. The van der Waals surface area contributed by atoms with Gasteiger partial charge in [-0.2, -0.15) is 13.2 Å². The first-order valence-corrected chi connectivity index (χ1v) is 11.3. The van der Waals surface area contributed by atoms with Crippen LogP contribution < -0.4 is 10.1 Å². The number of carbonyl (C=O) groups is 1. The Morgan fingerprint density at radius 1 is 1.21 bits per heavy atom. The lowest BCUT2D eigenvalue weighted by Gasteiger charge is -2.22. The summed E-state index contributed by atoms with van der Waals surface area (Å²) in [6, 6.07) is 6.15. The van der Waals surface area contributed by atoms with Crippen LogP contribution in [0.2, 0.25) is 5.02 Å². The van der Waals surface area contributed by atoms with E-state index < -0.39 is 30.1 Å². The van der Waals surface area contributed by atoms with E-state index in [0.717, 1.165) is 36.5 Å². The number of aromatic nitrogens is 1. The summed E-state index contributed by atoms with van der Waals surface area (Å²) >= 11 is 6.10. The zero-order chi connectivity index (χ0) is 24.7. The van der Waals surface area contributed by atoms with Crippen molar-refractivity contribution in [2.75, 3.05) is 38.2 Å². The van der Waals surface area contributed by atoms with Gasteiger partial charge in [0.2, 0.25) is 5.91 Å². The van der Waals surface area contributed by atoms with Gasteiger partial charge >= 0.3 is 6.18 Å². The second-order valence-electron chi connectivity index (χ2n) is 8.05. The number of rotatable bonds is 6. The summed E-state index contributed by atoms with van der Waals surface area (Å²) in [5, 5.41) is 22.1. The van der Waals surface area contributed by atoms with Gasteiger partial charge in [-0.15, -0.1) is 0 Å². The van der Waals surface area contributed by atoms with Crippen molar-refractivity contribution in [1.29, 1.82) is 0 Å². The smallest absolute Gasteiger partial charge is 0.418 e. The number of hydrogen-bond donors (Lipinski definition) is 3. The van der Waals surface area contributed by atoms with Gasteiger partial charge in [-0.3, -0.25) is 14.7 Å². The summed E-state index contributed by atoms with van der Waals surface area (Å²) in [5.41, 5.74) is -0.0814. The quantitative estimate of drug-likeness (QED) is 0.557. The number of fused-ring (bicyclic) bond motifs is 1. The summed E-state index contributed by atoms with van der Waals surface area (Å²) in [4.78, 5) is 18.0. The van der Waals surface area contributed by atoms with Crippen molar-refractivity contribution in [1.82, 2.24) is 9.88 Å². The molecule has 3 N–H and O–H groups in total. The SMILES string of the molecule is O=C1CCCN(CCOc2cnc(C(O)CO)c(C(F)(F)F)c2)CCCc2cc(Cl)ccc2N1. The van der Waals surface area contributed by atoms with Gasteiger partial charge in [0, 0.05) is 23.7 Å². The van der Waals surface area contributed by atoms with Crippen LogP contribution in [-0.2, 0) is 17.4 Å². The van der Waals surface area contributed by atoms with E-state index in [0.29, 0.717) is 37.4 Å². The van der Waals surface area contributed by atoms with Gasteiger partial charge in [0.1, 0.15) is 18.5 Å².